The van der Waals surface area contributed by atoms with Crippen LogP contribution in [0.5, 0.6) is 11.5 Å². The molecule has 7 nitrogen and oxygen atoms in total. The third kappa shape index (κ3) is 4.55. The number of aromatic nitrogens is 2. The summed E-state index contributed by atoms with van der Waals surface area (Å²) >= 11 is 9.17. The fourth-order valence-electron chi connectivity index (χ4n) is 3.28. The van der Waals surface area contributed by atoms with Crippen LogP contribution in [0.1, 0.15) is 5.56 Å². The van der Waals surface area contributed by atoms with Gasteiger partial charge in [-0.25, -0.2) is 0 Å². The quantitative estimate of drug-likeness (QED) is 0.374. The molecular weight excluding hydrogens is 470 g/mol. The first-order valence-corrected chi connectivity index (χ1v) is 12.1. The second kappa shape index (κ2) is 9.40. The summed E-state index contributed by atoms with van der Waals surface area (Å²) in [6.07, 6.45) is 0.697. The number of carbonyl (C=O) groups is 1. The number of thiophene rings is 1. The van der Waals surface area contributed by atoms with Gasteiger partial charge in [-0.3, -0.25) is 4.79 Å². The summed E-state index contributed by atoms with van der Waals surface area (Å²) in [5.41, 5.74) is 1.07. The molecule has 3 heterocycles. The number of hydrogen-bond donors (Lipinski definition) is 1. The minimum Gasteiger partial charge on any atom is -0.486 e. The van der Waals surface area contributed by atoms with Crippen LogP contribution in [0.4, 0.5) is 0 Å². The van der Waals surface area contributed by atoms with Crippen LogP contribution in [0.2, 0.25) is 5.02 Å². The molecule has 0 fully saturated rings. The molecular formula is C22H18ClN3O4S2. The topological polar surface area (TPSA) is 86.5 Å². The fourth-order valence-corrected chi connectivity index (χ4v) is 5.31. The van der Waals surface area contributed by atoms with E-state index in [1.54, 1.807) is 0 Å². The molecule has 10 heteroatoms. The van der Waals surface area contributed by atoms with Gasteiger partial charge in [0.15, 0.2) is 11.5 Å². The van der Waals surface area contributed by atoms with Crippen molar-refractivity contribution in [1.82, 2.24) is 15.5 Å². The minimum absolute atomic E-state index is 0.104. The third-order valence-corrected chi connectivity index (χ3v) is 7.29. The third-order valence-electron chi connectivity index (χ3n) is 4.80. The highest BCUT2D eigenvalue weighted by molar-refractivity contribution is 7.99. The lowest BCUT2D eigenvalue weighted by Gasteiger charge is -2.18. The van der Waals surface area contributed by atoms with Gasteiger partial charge in [0.25, 0.3) is 11.1 Å². The summed E-state index contributed by atoms with van der Waals surface area (Å²) in [6.45, 7) is 1.64. The molecule has 0 bridgehead atoms. The van der Waals surface area contributed by atoms with Crippen molar-refractivity contribution in [3.63, 3.8) is 0 Å². The SMILES string of the molecule is O=C(CSc1nnc(-c2sc3ccccc3c2Cl)o1)NCCc1ccc2c(c1)OCCO2. The molecule has 0 atom stereocenters. The van der Waals surface area contributed by atoms with E-state index in [4.69, 9.17) is 25.5 Å². The average molecular weight is 488 g/mol. The molecule has 0 saturated heterocycles. The number of ether oxygens (including phenoxy) is 2. The number of hydrogen-bond acceptors (Lipinski definition) is 8. The molecule has 0 saturated carbocycles. The highest BCUT2D eigenvalue weighted by Gasteiger charge is 2.18. The van der Waals surface area contributed by atoms with Crippen molar-refractivity contribution >= 4 is 50.7 Å². The van der Waals surface area contributed by atoms with Crippen molar-refractivity contribution < 1.29 is 18.7 Å². The fraction of sp³-hybridized carbons (Fsp3) is 0.227. The van der Waals surface area contributed by atoms with Gasteiger partial charge in [-0.2, -0.15) is 0 Å². The molecule has 0 unspecified atom stereocenters. The number of carbonyl (C=O) groups excluding carboxylic acids is 1. The zero-order valence-corrected chi connectivity index (χ0v) is 19.2. The van der Waals surface area contributed by atoms with Gasteiger partial charge in [-0.15, -0.1) is 21.5 Å². The molecule has 1 amide bonds. The standard InChI is InChI=1S/C22H18ClN3O4S2/c23-19-14-3-1-2-4-17(14)32-20(19)21-25-26-22(30-21)31-12-18(27)24-8-7-13-5-6-15-16(11-13)29-10-9-28-15/h1-6,11H,7-10,12H2,(H,24,27). The predicted molar refractivity (Wildman–Crippen MR) is 125 cm³/mol. The Morgan fingerprint density at radius 3 is 2.84 bits per heavy atom. The van der Waals surface area contributed by atoms with Gasteiger partial charge < -0.3 is 19.2 Å². The summed E-state index contributed by atoms with van der Waals surface area (Å²) in [6, 6.07) is 13.7. The van der Waals surface area contributed by atoms with E-state index < -0.39 is 0 Å². The largest absolute Gasteiger partial charge is 0.486 e. The minimum atomic E-state index is -0.104. The Bertz CT molecular complexity index is 1270. The predicted octanol–water partition coefficient (Wildman–Crippen LogP) is 4.83. The molecule has 4 aromatic rings. The van der Waals surface area contributed by atoms with Gasteiger partial charge in [0.2, 0.25) is 5.91 Å². The van der Waals surface area contributed by atoms with Crippen LogP contribution in [-0.2, 0) is 11.2 Å². The Hall–Kier alpha value is -2.75. The first-order valence-electron chi connectivity index (χ1n) is 9.96. The maximum absolute atomic E-state index is 12.2. The zero-order valence-electron chi connectivity index (χ0n) is 16.8. The summed E-state index contributed by atoms with van der Waals surface area (Å²) in [5, 5.41) is 12.9. The summed E-state index contributed by atoms with van der Waals surface area (Å²) < 4.78 is 17.9. The van der Waals surface area contributed by atoms with E-state index >= 15 is 0 Å². The molecule has 0 radical (unpaired) electrons. The van der Waals surface area contributed by atoms with Crippen LogP contribution in [0.3, 0.4) is 0 Å². The zero-order chi connectivity index (χ0) is 21.9. The number of nitrogens with one attached hydrogen (secondary N) is 1. The molecule has 2 aromatic heterocycles. The number of benzene rings is 2. The maximum Gasteiger partial charge on any atom is 0.277 e. The van der Waals surface area contributed by atoms with Gasteiger partial charge >= 0.3 is 0 Å². The van der Waals surface area contributed by atoms with Gasteiger partial charge in [0, 0.05) is 16.6 Å². The number of rotatable bonds is 7. The second-order valence-electron chi connectivity index (χ2n) is 6.98. The Balaban J connectivity index is 1.12. The summed E-state index contributed by atoms with van der Waals surface area (Å²) in [7, 11) is 0. The van der Waals surface area contributed by atoms with E-state index in [2.05, 4.69) is 15.5 Å². The van der Waals surface area contributed by atoms with Crippen LogP contribution in [0.25, 0.3) is 20.9 Å². The Morgan fingerprint density at radius 1 is 1.12 bits per heavy atom. The lowest BCUT2D eigenvalue weighted by atomic mass is 10.1. The van der Waals surface area contributed by atoms with Crippen LogP contribution < -0.4 is 14.8 Å². The lowest BCUT2D eigenvalue weighted by molar-refractivity contribution is -0.118. The summed E-state index contributed by atoms with van der Waals surface area (Å²) in [5.74, 6) is 1.95. The van der Waals surface area contributed by atoms with E-state index in [0.29, 0.717) is 42.3 Å². The number of nitrogens with zero attached hydrogens (tertiary/aromatic N) is 2. The molecule has 32 heavy (non-hydrogen) atoms. The first kappa shape index (κ1) is 21.1. The van der Waals surface area contributed by atoms with Crippen molar-refractivity contribution in [1.29, 1.82) is 0 Å². The molecule has 164 valence electrons. The van der Waals surface area contributed by atoms with Gasteiger partial charge in [-0.05, 0) is 30.2 Å². The smallest absolute Gasteiger partial charge is 0.277 e. The molecule has 0 aliphatic carbocycles. The van der Waals surface area contributed by atoms with Crippen molar-refractivity contribution in [3.8, 4) is 22.3 Å². The highest BCUT2D eigenvalue weighted by atomic mass is 35.5. The molecule has 5 rings (SSSR count). The van der Waals surface area contributed by atoms with E-state index in [1.165, 1.54) is 23.1 Å². The van der Waals surface area contributed by atoms with Gasteiger partial charge in [-0.1, -0.05) is 47.6 Å². The van der Waals surface area contributed by atoms with Crippen LogP contribution in [0, 0.1) is 0 Å². The van der Waals surface area contributed by atoms with Gasteiger partial charge in [0.05, 0.1) is 10.8 Å². The van der Waals surface area contributed by atoms with E-state index in [9.17, 15) is 4.79 Å². The maximum atomic E-state index is 12.2. The van der Waals surface area contributed by atoms with E-state index in [1.807, 2.05) is 42.5 Å². The first-order chi connectivity index (χ1) is 15.7. The average Bonchev–Trinajstić information content (AvgIpc) is 3.42. The second-order valence-corrected chi connectivity index (χ2v) is 9.34. The van der Waals surface area contributed by atoms with Crippen LogP contribution in [0.15, 0.2) is 52.1 Å². The molecule has 0 spiro atoms. The molecule has 1 N–H and O–H groups in total. The number of halogens is 1. The molecule has 1 aliphatic heterocycles. The normalized spacial score (nSPS) is 12.8. The van der Waals surface area contributed by atoms with Crippen molar-refractivity contribution in [2.24, 2.45) is 0 Å². The Morgan fingerprint density at radius 2 is 1.97 bits per heavy atom. The molecule has 1 aliphatic rings. The lowest BCUT2D eigenvalue weighted by Crippen LogP contribution is -2.27. The van der Waals surface area contributed by atoms with E-state index in [0.717, 1.165) is 32.0 Å². The highest BCUT2D eigenvalue weighted by Crippen LogP contribution is 2.41. The van der Waals surface area contributed by atoms with Crippen molar-refractivity contribution in [2.75, 3.05) is 25.5 Å². The number of thioether (sulfide) groups is 1. The number of fused-ring (bicyclic) bond motifs is 2. The van der Waals surface area contributed by atoms with E-state index in [-0.39, 0.29) is 11.7 Å². The van der Waals surface area contributed by atoms with Crippen molar-refractivity contribution in [3.05, 3.63) is 53.1 Å². The monoisotopic (exact) mass is 487 g/mol. The van der Waals surface area contributed by atoms with Crippen LogP contribution >= 0.6 is 34.7 Å². The molecule has 2 aromatic carbocycles. The Kier molecular flexibility index (Phi) is 6.20. The number of amides is 1. The summed E-state index contributed by atoms with van der Waals surface area (Å²) in [4.78, 5) is 12.9. The van der Waals surface area contributed by atoms with Gasteiger partial charge in [0.1, 0.15) is 18.1 Å². The van der Waals surface area contributed by atoms with Crippen molar-refractivity contribution in [2.45, 2.75) is 11.6 Å². The van der Waals surface area contributed by atoms with Crippen LogP contribution in [-0.4, -0.2) is 41.6 Å². The Labute approximate surface area is 197 Å².